The molecule has 0 bridgehead atoms. The van der Waals surface area contributed by atoms with Gasteiger partial charge in [0.1, 0.15) is 18.8 Å². The summed E-state index contributed by atoms with van der Waals surface area (Å²) in [6, 6.07) is 10.2. The number of ether oxygens (including phenoxy) is 2. The molecule has 2 aliphatic heterocycles. The molecule has 0 saturated carbocycles. The lowest BCUT2D eigenvalue weighted by Gasteiger charge is -2.29. The number of carbonyl (C=O) groups is 2. The molecule has 2 aromatic carbocycles. The molecule has 2 saturated heterocycles. The van der Waals surface area contributed by atoms with E-state index in [1.807, 2.05) is 0 Å². The number of hydrogen-bond acceptors (Lipinski definition) is 6. The second kappa shape index (κ2) is 9.82. The van der Waals surface area contributed by atoms with Gasteiger partial charge in [0.2, 0.25) is 0 Å². The van der Waals surface area contributed by atoms with Gasteiger partial charge in [0, 0.05) is 10.6 Å². The van der Waals surface area contributed by atoms with Crippen molar-refractivity contribution in [3.8, 4) is 11.5 Å². The second-order valence-corrected chi connectivity index (χ2v) is 8.48. The van der Waals surface area contributed by atoms with Crippen LogP contribution in [0.3, 0.4) is 0 Å². The maximum Gasteiger partial charge on any atom is 0.295 e. The van der Waals surface area contributed by atoms with Gasteiger partial charge in [-0.05, 0) is 42.0 Å². The predicted octanol–water partition coefficient (Wildman–Crippen LogP) is 1.39. The van der Waals surface area contributed by atoms with Crippen LogP contribution in [0.15, 0.2) is 48.0 Å². The zero-order valence-corrected chi connectivity index (χ0v) is 19.0. The lowest BCUT2D eigenvalue weighted by atomic mass is 9.95. The van der Waals surface area contributed by atoms with Gasteiger partial charge in [-0.1, -0.05) is 17.7 Å². The third kappa shape index (κ3) is 4.68. The second-order valence-electron chi connectivity index (χ2n) is 8.04. The number of Topliss-reactive ketones (excluding diaryl/α,β-unsaturated/α-hetero) is 1. The summed E-state index contributed by atoms with van der Waals surface area (Å²) in [6.07, 6.45) is 0. The average molecular weight is 474 g/mol. The van der Waals surface area contributed by atoms with Gasteiger partial charge in [0.15, 0.2) is 11.5 Å². The number of nitrogens with zero attached hydrogens (tertiary/aromatic N) is 1. The van der Waals surface area contributed by atoms with Crippen LogP contribution in [0.4, 0.5) is 0 Å². The average Bonchev–Trinajstić information content (AvgIpc) is 3.08. The molecule has 2 heterocycles. The normalized spacial score (nSPS) is 20.9. The molecule has 0 aromatic heterocycles. The topological polar surface area (TPSA) is 101 Å². The van der Waals surface area contributed by atoms with Gasteiger partial charge in [0.05, 0.1) is 45.0 Å². The zero-order chi connectivity index (χ0) is 23.5. The highest BCUT2D eigenvalue weighted by Crippen LogP contribution is 2.41. The first-order valence-corrected chi connectivity index (χ1v) is 11.1. The summed E-state index contributed by atoms with van der Waals surface area (Å²) in [6.45, 7) is 3.93. The fraction of sp³-hybridized carbons (Fsp3) is 0.333. The van der Waals surface area contributed by atoms with Crippen molar-refractivity contribution in [2.45, 2.75) is 6.04 Å². The number of morpholine rings is 1. The van der Waals surface area contributed by atoms with Crippen LogP contribution in [-0.4, -0.2) is 73.3 Å². The van der Waals surface area contributed by atoms with Crippen LogP contribution in [0.1, 0.15) is 17.2 Å². The van der Waals surface area contributed by atoms with Gasteiger partial charge < -0.3 is 29.5 Å². The first-order valence-electron chi connectivity index (χ1n) is 10.7. The third-order valence-corrected chi connectivity index (χ3v) is 6.34. The van der Waals surface area contributed by atoms with E-state index in [1.54, 1.807) is 36.4 Å². The number of likely N-dealkylation sites (tertiary alicyclic amines) is 1. The van der Waals surface area contributed by atoms with E-state index in [4.69, 9.17) is 21.1 Å². The monoisotopic (exact) mass is 473 g/mol. The van der Waals surface area contributed by atoms with Gasteiger partial charge in [-0.25, -0.2) is 0 Å². The Balaban J connectivity index is 1.76. The van der Waals surface area contributed by atoms with Crippen LogP contribution >= 0.6 is 11.6 Å². The summed E-state index contributed by atoms with van der Waals surface area (Å²) in [7, 11) is 1.42. The van der Waals surface area contributed by atoms with Crippen molar-refractivity contribution in [3.63, 3.8) is 0 Å². The molecule has 1 atom stereocenters. The van der Waals surface area contributed by atoms with Crippen molar-refractivity contribution in [2.24, 2.45) is 0 Å². The SMILES string of the molecule is COc1cc([C@@H]2C(=C(O)c3ccc(Cl)cc3)C(=O)C(=O)N2CC[NH+]2CCOCC2)ccc1O. The molecule has 9 heteroatoms. The number of methoxy groups -OCH3 is 1. The number of rotatable bonds is 6. The van der Waals surface area contributed by atoms with Crippen LogP contribution in [0, 0.1) is 0 Å². The summed E-state index contributed by atoms with van der Waals surface area (Å²) in [4.78, 5) is 29.0. The first kappa shape index (κ1) is 23.1. The Morgan fingerprint density at radius 1 is 1.18 bits per heavy atom. The van der Waals surface area contributed by atoms with Crippen molar-refractivity contribution in [1.82, 2.24) is 4.90 Å². The largest absolute Gasteiger partial charge is 0.507 e. The Morgan fingerprint density at radius 3 is 2.55 bits per heavy atom. The number of carbonyl (C=O) groups excluding carboxylic acids is 2. The highest BCUT2D eigenvalue weighted by Gasteiger charge is 2.46. The molecular formula is C24H26ClN2O6+. The maximum absolute atomic E-state index is 13.1. The van der Waals surface area contributed by atoms with Gasteiger partial charge in [-0.3, -0.25) is 9.59 Å². The molecule has 0 spiro atoms. The van der Waals surface area contributed by atoms with Crippen molar-refractivity contribution >= 4 is 29.1 Å². The molecule has 0 radical (unpaired) electrons. The van der Waals surface area contributed by atoms with Gasteiger partial charge >= 0.3 is 0 Å². The molecule has 8 nitrogen and oxygen atoms in total. The Bertz CT molecular complexity index is 1080. The molecule has 174 valence electrons. The number of ketones is 1. The Hall–Kier alpha value is -3.07. The molecule has 33 heavy (non-hydrogen) atoms. The van der Waals surface area contributed by atoms with E-state index in [-0.39, 0.29) is 22.8 Å². The van der Waals surface area contributed by atoms with E-state index in [9.17, 15) is 19.8 Å². The fourth-order valence-electron chi connectivity index (χ4n) is 4.27. The standard InChI is InChI=1S/C24H25ClN2O6/c1-32-19-14-16(4-7-18(19)28)21-20(22(29)15-2-5-17(25)6-3-15)23(30)24(31)27(21)9-8-26-10-12-33-13-11-26/h2-7,14,21,28-29H,8-13H2,1H3/p+1/t21-/m1/s1. The number of nitrogens with one attached hydrogen (secondary N) is 1. The first-order chi connectivity index (χ1) is 15.9. The smallest absolute Gasteiger partial charge is 0.295 e. The lowest BCUT2D eigenvalue weighted by Crippen LogP contribution is -3.14. The number of aliphatic hydroxyl groups excluding tert-OH is 1. The van der Waals surface area contributed by atoms with Crippen LogP contribution in [0.2, 0.25) is 5.02 Å². The Kier molecular flexibility index (Phi) is 6.88. The van der Waals surface area contributed by atoms with Gasteiger partial charge in [-0.15, -0.1) is 0 Å². The zero-order valence-electron chi connectivity index (χ0n) is 18.2. The number of benzene rings is 2. The predicted molar refractivity (Wildman–Crippen MR) is 122 cm³/mol. The molecule has 3 N–H and O–H groups in total. The van der Waals surface area contributed by atoms with Crippen molar-refractivity contribution < 1.29 is 34.2 Å². The number of halogens is 1. The maximum atomic E-state index is 13.1. The van der Waals surface area contributed by atoms with Gasteiger partial charge in [0.25, 0.3) is 11.7 Å². The van der Waals surface area contributed by atoms with E-state index in [1.165, 1.54) is 23.0 Å². The van der Waals surface area contributed by atoms with E-state index < -0.39 is 17.7 Å². The lowest BCUT2D eigenvalue weighted by molar-refractivity contribution is -0.907. The van der Waals surface area contributed by atoms with E-state index in [0.717, 1.165) is 13.1 Å². The number of aliphatic hydroxyl groups is 1. The van der Waals surface area contributed by atoms with E-state index >= 15 is 0 Å². The molecule has 2 aromatic rings. The summed E-state index contributed by atoms with van der Waals surface area (Å²) < 4.78 is 10.6. The summed E-state index contributed by atoms with van der Waals surface area (Å²) >= 11 is 5.96. The van der Waals surface area contributed by atoms with E-state index in [2.05, 4.69) is 0 Å². The highest BCUT2D eigenvalue weighted by molar-refractivity contribution is 6.46. The number of hydrogen-bond donors (Lipinski definition) is 3. The number of phenols is 1. The number of aromatic hydroxyl groups is 1. The summed E-state index contributed by atoms with van der Waals surface area (Å²) in [5.74, 6) is -1.55. The van der Waals surface area contributed by atoms with Crippen molar-refractivity contribution in [2.75, 3.05) is 46.5 Å². The van der Waals surface area contributed by atoms with Crippen molar-refractivity contribution in [3.05, 3.63) is 64.2 Å². The molecule has 2 fully saturated rings. The number of quaternary nitrogens is 1. The van der Waals surface area contributed by atoms with Crippen molar-refractivity contribution in [1.29, 1.82) is 0 Å². The summed E-state index contributed by atoms with van der Waals surface area (Å²) in [5.41, 5.74) is 0.926. The fourth-order valence-corrected chi connectivity index (χ4v) is 4.40. The van der Waals surface area contributed by atoms with Crippen LogP contribution in [-0.2, 0) is 14.3 Å². The Morgan fingerprint density at radius 2 is 1.88 bits per heavy atom. The molecule has 0 unspecified atom stereocenters. The molecule has 4 rings (SSSR count). The van der Waals surface area contributed by atoms with Crippen LogP contribution in [0.25, 0.3) is 5.76 Å². The molecule has 0 aliphatic carbocycles. The molecular weight excluding hydrogens is 448 g/mol. The minimum Gasteiger partial charge on any atom is -0.507 e. The Labute approximate surface area is 196 Å². The van der Waals surface area contributed by atoms with E-state index in [0.29, 0.717) is 42.5 Å². The third-order valence-electron chi connectivity index (χ3n) is 6.08. The minimum absolute atomic E-state index is 0.00737. The highest BCUT2D eigenvalue weighted by atomic mass is 35.5. The molecule has 1 amide bonds. The minimum atomic E-state index is -0.824. The summed E-state index contributed by atoms with van der Waals surface area (Å²) in [5, 5.41) is 21.6. The number of phenolic OH excluding ortho intramolecular Hbond substituents is 1. The van der Waals surface area contributed by atoms with Crippen LogP contribution < -0.4 is 9.64 Å². The molecule has 2 aliphatic rings. The quantitative estimate of drug-likeness (QED) is 0.333. The van der Waals surface area contributed by atoms with Gasteiger partial charge in [-0.2, -0.15) is 0 Å². The number of amides is 1. The van der Waals surface area contributed by atoms with Crippen LogP contribution in [0.5, 0.6) is 11.5 Å².